The molecule has 3 aromatic heterocycles. The van der Waals surface area contributed by atoms with Crippen molar-refractivity contribution in [1.82, 2.24) is 25.4 Å². The summed E-state index contributed by atoms with van der Waals surface area (Å²) in [5, 5.41) is 7.13. The van der Waals surface area contributed by atoms with Crippen LogP contribution in [0.5, 0.6) is 0 Å². The fraction of sp³-hybridized carbons (Fsp3) is 0.409. The lowest BCUT2D eigenvalue weighted by Crippen LogP contribution is -2.37. The van der Waals surface area contributed by atoms with Gasteiger partial charge in [0.25, 0.3) is 5.91 Å². The highest BCUT2D eigenvalue weighted by molar-refractivity contribution is 5.96. The van der Waals surface area contributed by atoms with E-state index in [1.807, 2.05) is 25.3 Å². The Morgan fingerprint density at radius 2 is 2.17 bits per heavy atom. The highest BCUT2D eigenvalue weighted by Crippen LogP contribution is 2.40. The van der Waals surface area contributed by atoms with Gasteiger partial charge in [-0.05, 0) is 37.3 Å². The Labute approximate surface area is 170 Å². The molecular formula is C22H25N5O2. The van der Waals surface area contributed by atoms with E-state index in [1.165, 1.54) is 0 Å². The summed E-state index contributed by atoms with van der Waals surface area (Å²) in [5.74, 6) is 1.10. The second-order valence-corrected chi connectivity index (χ2v) is 8.33. The van der Waals surface area contributed by atoms with Crippen molar-refractivity contribution < 1.29 is 9.32 Å². The second-order valence-electron chi connectivity index (χ2n) is 8.33. The van der Waals surface area contributed by atoms with Gasteiger partial charge in [-0.2, -0.15) is 0 Å². The van der Waals surface area contributed by atoms with Crippen LogP contribution in [0.15, 0.2) is 35.2 Å². The predicted octanol–water partition coefficient (Wildman–Crippen LogP) is 3.84. The van der Waals surface area contributed by atoms with Crippen LogP contribution in [0, 0.1) is 12.3 Å². The maximum atomic E-state index is 13.0. The molecule has 3 aromatic rings. The van der Waals surface area contributed by atoms with Crippen LogP contribution < -0.4 is 5.32 Å². The summed E-state index contributed by atoms with van der Waals surface area (Å²) in [6.07, 6.45) is 7.59. The maximum absolute atomic E-state index is 13.0. The first-order valence-corrected chi connectivity index (χ1v) is 9.90. The third-order valence-corrected chi connectivity index (χ3v) is 5.38. The molecule has 0 bridgehead atoms. The van der Waals surface area contributed by atoms with Crippen LogP contribution in [0.4, 0.5) is 0 Å². The van der Waals surface area contributed by atoms with Gasteiger partial charge in [-0.3, -0.25) is 9.78 Å². The number of nitrogens with one attached hydrogen (secondary N) is 1. The first-order valence-electron chi connectivity index (χ1n) is 9.90. The van der Waals surface area contributed by atoms with E-state index in [9.17, 15) is 4.79 Å². The molecule has 0 spiro atoms. The number of pyridine rings is 1. The molecule has 1 aliphatic carbocycles. The van der Waals surface area contributed by atoms with Gasteiger partial charge in [-0.25, -0.2) is 9.97 Å². The van der Waals surface area contributed by atoms with Crippen LogP contribution in [0.25, 0.3) is 11.4 Å². The lowest BCUT2D eigenvalue weighted by Gasteiger charge is -2.36. The molecule has 1 N–H and O–H groups in total. The van der Waals surface area contributed by atoms with E-state index in [4.69, 9.17) is 9.51 Å². The topological polar surface area (TPSA) is 93.8 Å². The minimum atomic E-state index is -0.164. The summed E-state index contributed by atoms with van der Waals surface area (Å²) in [6.45, 7) is 8.13. The number of fused-ring (bicyclic) bond motifs is 1. The van der Waals surface area contributed by atoms with Gasteiger partial charge in [0.15, 0.2) is 5.82 Å². The molecule has 1 aliphatic rings. The summed E-state index contributed by atoms with van der Waals surface area (Å²) in [6, 6.07) is 3.66. The molecule has 4 rings (SSSR count). The highest BCUT2D eigenvalue weighted by atomic mass is 16.5. The van der Waals surface area contributed by atoms with Crippen LogP contribution in [0.1, 0.15) is 66.3 Å². The number of hydrogen-bond acceptors (Lipinski definition) is 6. The van der Waals surface area contributed by atoms with Crippen molar-refractivity contribution in [3.8, 4) is 11.4 Å². The number of nitrogens with zero attached hydrogens (tertiary/aromatic N) is 4. The van der Waals surface area contributed by atoms with E-state index in [2.05, 4.69) is 34.3 Å². The SMILES string of the molecule is CCc1onc(C)c1C(=O)N[C@H]1CC(C)(C)Cc2nc(-c3cccnc3)ncc21. The largest absolute Gasteiger partial charge is 0.360 e. The van der Waals surface area contributed by atoms with Crippen molar-refractivity contribution in [2.75, 3.05) is 0 Å². The molecule has 0 saturated carbocycles. The minimum Gasteiger partial charge on any atom is -0.360 e. The molecule has 0 aliphatic heterocycles. The van der Waals surface area contributed by atoms with Gasteiger partial charge in [0, 0.05) is 36.1 Å². The number of aryl methyl sites for hydroxylation is 2. The molecule has 29 heavy (non-hydrogen) atoms. The van der Waals surface area contributed by atoms with Crippen LogP contribution in [0.3, 0.4) is 0 Å². The van der Waals surface area contributed by atoms with Crippen LogP contribution in [-0.2, 0) is 12.8 Å². The lowest BCUT2D eigenvalue weighted by atomic mass is 9.74. The summed E-state index contributed by atoms with van der Waals surface area (Å²) in [4.78, 5) is 26.5. The van der Waals surface area contributed by atoms with Gasteiger partial charge < -0.3 is 9.84 Å². The van der Waals surface area contributed by atoms with Crippen LogP contribution in [-0.4, -0.2) is 26.0 Å². The van der Waals surface area contributed by atoms with Gasteiger partial charge in [-0.15, -0.1) is 0 Å². The van der Waals surface area contributed by atoms with Gasteiger partial charge in [0.2, 0.25) is 0 Å². The quantitative estimate of drug-likeness (QED) is 0.726. The van der Waals surface area contributed by atoms with Gasteiger partial charge in [0.1, 0.15) is 11.3 Å². The third-order valence-electron chi connectivity index (χ3n) is 5.38. The first kappa shape index (κ1) is 19.2. The molecular weight excluding hydrogens is 366 g/mol. The summed E-state index contributed by atoms with van der Waals surface area (Å²) < 4.78 is 5.29. The molecule has 7 heteroatoms. The predicted molar refractivity (Wildman–Crippen MR) is 108 cm³/mol. The Balaban J connectivity index is 1.67. The molecule has 0 radical (unpaired) electrons. The van der Waals surface area contributed by atoms with Crippen molar-refractivity contribution in [1.29, 1.82) is 0 Å². The zero-order valence-corrected chi connectivity index (χ0v) is 17.2. The van der Waals surface area contributed by atoms with E-state index in [0.29, 0.717) is 29.3 Å². The third kappa shape index (κ3) is 3.77. The second kappa shape index (κ2) is 7.39. The standard InChI is InChI=1S/C22H25N5O2/c1-5-18-19(13(2)27-29-18)21(28)26-17-10-22(3,4)9-16-15(17)12-24-20(25-16)14-7-6-8-23-11-14/h6-8,11-12,17H,5,9-10H2,1-4H3,(H,26,28)/t17-/m0/s1. The zero-order chi connectivity index (χ0) is 20.6. The first-order chi connectivity index (χ1) is 13.9. The molecule has 7 nitrogen and oxygen atoms in total. The Bertz CT molecular complexity index is 1040. The Kier molecular flexibility index (Phi) is 4.90. The van der Waals surface area contributed by atoms with Crippen molar-refractivity contribution in [2.45, 2.75) is 53.0 Å². The van der Waals surface area contributed by atoms with E-state index in [0.717, 1.165) is 29.7 Å². The number of rotatable bonds is 4. The maximum Gasteiger partial charge on any atom is 0.257 e. The molecule has 0 aromatic carbocycles. The normalized spacial score (nSPS) is 17.6. The average molecular weight is 391 g/mol. The highest BCUT2D eigenvalue weighted by Gasteiger charge is 2.35. The number of amides is 1. The van der Waals surface area contributed by atoms with Crippen molar-refractivity contribution in [3.05, 3.63) is 59.0 Å². The van der Waals surface area contributed by atoms with Crippen molar-refractivity contribution in [3.63, 3.8) is 0 Å². The molecule has 1 amide bonds. The molecule has 150 valence electrons. The van der Waals surface area contributed by atoms with Crippen molar-refractivity contribution >= 4 is 5.91 Å². The zero-order valence-electron chi connectivity index (χ0n) is 17.2. The number of carbonyl (C=O) groups is 1. The Hall–Kier alpha value is -3.09. The van der Waals surface area contributed by atoms with Crippen LogP contribution >= 0.6 is 0 Å². The average Bonchev–Trinajstić information content (AvgIpc) is 3.08. The summed E-state index contributed by atoms with van der Waals surface area (Å²) in [5.41, 5.74) is 3.97. The molecule has 3 heterocycles. The lowest BCUT2D eigenvalue weighted by molar-refractivity contribution is 0.0916. The Morgan fingerprint density at radius 1 is 1.34 bits per heavy atom. The molecule has 0 fully saturated rings. The summed E-state index contributed by atoms with van der Waals surface area (Å²) in [7, 11) is 0. The number of aromatic nitrogens is 4. The smallest absolute Gasteiger partial charge is 0.257 e. The fourth-order valence-corrected chi connectivity index (χ4v) is 3.99. The number of carbonyl (C=O) groups excluding carboxylic acids is 1. The van der Waals surface area contributed by atoms with Gasteiger partial charge in [-0.1, -0.05) is 25.9 Å². The fourth-order valence-electron chi connectivity index (χ4n) is 3.99. The van der Waals surface area contributed by atoms with Gasteiger partial charge >= 0.3 is 0 Å². The number of hydrogen-bond donors (Lipinski definition) is 1. The van der Waals surface area contributed by atoms with Crippen LogP contribution in [0.2, 0.25) is 0 Å². The van der Waals surface area contributed by atoms with Gasteiger partial charge in [0.05, 0.1) is 17.4 Å². The summed E-state index contributed by atoms with van der Waals surface area (Å²) >= 11 is 0. The molecule has 0 saturated heterocycles. The van der Waals surface area contributed by atoms with E-state index < -0.39 is 0 Å². The van der Waals surface area contributed by atoms with E-state index in [1.54, 1.807) is 19.3 Å². The molecule has 0 unspecified atom stereocenters. The monoisotopic (exact) mass is 391 g/mol. The van der Waals surface area contributed by atoms with E-state index in [-0.39, 0.29) is 17.4 Å². The Morgan fingerprint density at radius 3 is 2.90 bits per heavy atom. The van der Waals surface area contributed by atoms with Crippen molar-refractivity contribution in [2.24, 2.45) is 5.41 Å². The minimum absolute atomic E-state index is 0.00276. The van der Waals surface area contributed by atoms with E-state index >= 15 is 0 Å². The molecule has 1 atom stereocenters.